The number of aromatic amines is 1. The molecule has 0 aliphatic carbocycles. The third-order valence-electron chi connectivity index (χ3n) is 6.30. The van der Waals surface area contributed by atoms with Gasteiger partial charge in [0.15, 0.2) is 0 Å². The summed E-state index contributed by atoms with van der Waals surface area (Å²) in [4.78, 5) is 7.95. The van der Waals surface area contributed by atoms with Crippen molar-refractivity contribution in [1.29, 1.82) is 5.26 Å². The van der Waals surface area contributed by atoms with E-state index in [1.807, 2.05) is 35.2 Å². The van der Waals surface area contributed by atoms with Gasteiger partial charge in [0.25, 0.3) is 0 Å². The van der Waals surface area contributed by atoms with E-state index in [1.165, 1.54) is 0 Å². The first-order chi connectivity index (χ1) is 16.7. The fraction of sp³-hybridized carbons (Fsp3) is 0.346. The summed E-state index contributed by atoms with van der Waals surface area (Å²) in [5.74, 6) is 0.659. The Balaban J connectivity index is 1.43. The number of rotatable bonds is 8. The quantitative estimate of drug-likeness (QED) is 0.390. The summed E-state index contributed by atoms with van der Waals surface area (Å²) in [7, 11) is 0. The number of nitriles is 1. The molecule has 8 heteroatoms. The minimum absolute atomic E-state index is 0.0884. The van der Waals surface area contributed by atoms with Crippen molar-refractivity contribution in [2.45, 2.75) is 31.4 Å². The van der Waals surface area contributed by atoms with Crippen LogP contribution in [-0.4, -0.2) is 52.2 Å². The number of pyridine rings is 1. The Hall–Kier alpha value is -3.67. The third kappa shape index (κ3) is 4.67. The molecule has 0 spiro atoms. The zero-order chi connectivity index (χ0) is 23.3. The highest BCUT2D eigenvalue weighted by atomic mass is 16.5. The van der Waals surface area contributed by atoms with Crippen LogP contribution < -0.4 is 5.32 Å². The molecule has 0 aromatic carbocycles. The Labute approximate surface area is 198 Å². The van der Waals surface area contributed by atoms with Gasteiger partial charge in [-0.1, -0.05) is 18.7 Å². The van der Waals surface area contributed by atoms with Crippen molar-refractivity contribution in [3.8, 4) is 17.3 Å². The second kappa shape index (κ2) is 10.1. The van der Waals surface area contributed by atoms with E-state index < -0.39 is 0 Å². The molecular formula is C26H28N6O2. The number of hydrogen-bond acceptors (Lipinski definition) is 6. The summed E-state index contributed by atoms with van der Waals surface area (Å²) in [6, 6.07) is 6.70. The van der Waals surface area contributed by atoms with E-state index in [-0.39, 0.29) is 12.5 Å². The van der Waals surface area contributed by atoms with Gasteiger partial charge in [0, 0.05) is 49.3 Å². The lowest BCUT2D eigenvalue weighted by molar-refractivity contribution is -0.00474. The number of allylic oxidation sites excluding steroid dienone is 5. The third-order valence-corrected chi connectivity index (χ3v) is 6.30. The van der Waals surface area contributed by atoms with Crippen LogP contribution in [0, 0.1) is 11.3 Å². The summed E-state index contributed by atoms with van der Waals surface area (Å²) in [6.45, 7) is 7.31. The topological polar surface area (TPSA) is 101 Å². The maximum Gasteiger partial charge on any atom is 0.138 e. The van der Waals surface area contributed by atoms with E-state index in [4.69, 9.17) is 9.47 Å². The molecule has 174 valence electrons. The molecule has 2 aliphatic heterocycles. The van der Waals surface area contributed by atoms with Gasteiger partial charge in [-0.15, -0.1) is 0 Å². The van der Waals surface area contributed by atoms with Gasteiger partial charge in [0.05, 0.1) is 43.6 Å². The standard InChI is InChI=1S/C26H28N6O2/c1-2-18(3-4-21(5-9-27)34-22-7-11-33-12-8-22)23-6-10-29-26-24(23)13-25(31-26)19-14-30-32(17-19)20-15-28-16-20/h2-4,6,10,13-14,17,20,22,28H,1,5,7-8,11-12,15-16H2,(H,29,31)/b18-3+,21-4+. The number of nitrogens with zero attached hydrogens (tertiary/aromatic N) is 4. The molecule has 2 saturated heterocycles. The van der Waals surface area contributed by atoms with Crippen LogP contribution >= 0.6 is 0 Å². The lowest BCUT2D eigenvalue weighted by Gasteiger charge is -2.27. The highest BCUT2D eigenvalue weighted by molar-refractivity contribution is 5.95. The molecular weight excluding hydrogens is 428 g/mol. The van der Waals surface area contributed by atoms with Crippen molar-refractivity contribution >= 4 is 16.6 Å². The van der Waals surface area contributed by atoms with Gasteiger partial charge in [0.2, 0.25) is 0 Å². The number of aromatic nitrogens is 4. The number of hydrogen-bond donors (Lipinski definition) is 2. The van der Waals surface area contributed by atoms with Gasteiger partial charge in [-0.05, 0) is 29.3 Å². The molecule has 2 aliphatic rings. The molecule has 3 aromatic rings. The van der Waals surface area contributed by atoms with Gasteiger partial charge in [-0.25, -0.2) is 4.98 Å². The number of H-pyrrole nitrogens is 1. The van der Waals surface area contributed by atoms with Crippen molar-refractivity contribution in [3.63, 3.8) is 0 Å². The SMILES string of the molecule is C=C/C(=C\C=C(/CC#N)OC1CCOCC1)c1ccnc2[nH]c(-c3cnn(C4CNC4)c3)cc12. The van der Waals surface area contributed by atoms with E-state index in [2.05, 4.69) is 45.3 Å². The van der Waals surface area contributed by atoms with E-state index in [0.717, 1.165) is 59.4 Å². The van der Waals surface area contributed by atoms with Crippen LogP contribution in [0.5, 0.6) is 0 Å². The summed E-state index contributed by atoms with van der Waals surface area (Å²) in [5.41, 5.74) is 4.75. The van der Waals surface area contributed by atoms with E-state index in [1.54, 1.807) is 6.20 Å². The summed E-state index contributed by atoms with van der Waals surface area (Å²) in [6.07, 6.45) is 13.4. The number of fused-ring (bicyclic) bond motifs is 1. The first-order valence-electron chi connectivity index (χ1n) is 11.6. The van der Waals surface area contributed by atoms with Gasteiger partial charge in [-0.3, -0.25) is 4.68 Å². The average molecular weight is 457 g/mol. The Kier molecular flexibility index (Phi) is 6.56. The number of nitrogens with one attached hydrogen (secondary N) is 2. The van der Waals surface area contributed by atoms with E-state index >= 15 is 0 Å². The minimum Gasteiger partial charge on any atom is -0.494 e. The zero-order valence-corrected chi connectivity index (χ0v) is 19.0. The fourth-order valence-electron chi connectivity index (χ4n) is 4.25. The first-order valence-corrected chi connectivity index (χ1v) is 11.6. The molecule has 0 atom stereocenters. The predicted molar refractivity (Wildman–Crippen MR) is 131 cm³/mol. The zero-order valence-electron chi connectivity index (χ0n) is 19.0. The lowest BCUT2D eigenvalue weighted by Crippen LogP contribution is -2.43. The smallest absolute Gasteiger partial charge is 0.138 e. The summed E-state index contributed by atoms with van der Waals surface area (Å²) < 4.78 is 13.5. The highest BCUT2D eigenvalue weighted by Crippen LogP contribution is 2.30. The van der Waals surface area contributed by atoms with E-state index in [0.29, 0.717) is 25.0 Å². The molecule has 5 rings (SSSR count). The van der Waals surface area contributed by atoms with Crippen molar-refractivity contribution in [2.75, 3.05) is 26.3 Å². The molecule has 5 heterocycles. The molecule has 2 N–H and O–H groups in total. The minimum atomic E-state index is 0.0884. The second-order valence-electron chi connectivity index (χ2n) is 8.55. The predicted octanol–water partition coefficient (Wildman–Crippen LogP) is 4.13. The van der Waals surface area contributed by atoms with Crippen molar-refractivity contribution in [1.82, 2.24) is 25.1 Å². The molecule has 0 unspecified atom stereocenters. The van der Waals surface area contributed by atoms with Gasteiger partial charge in [-0.2, -0.15) is 10.4 Å². The second-order valence-corrected chi connectivity index (χ2v) is 8.55. The van der Waals surface area contributed by atoms with Crippen LogP contribution in [0.25, 0.3) is 27.9 Å². The molecule has 0 saturated carbocycles. The van der Waals surface area contributed by atoms with Crippen molar-refractivity contribution in [3.05, 3.63) is 66.9 Å². The Morgan fingerprint density at radius 2 is 2.18 bits per heavy atom. The van der Waals surface area contributed by atoms with Crippen LogP contribution in [0.4, 0.5) is 0 Å². The van der Waals surface area contributed by atoms with Crippen LogP contribution in [0.15, 0.2) is 61.3 Å². The normalized spacial score (nSPS) is 18.0. The van der Waals surface area contributed by atoms with Crippen LogP contribution in [0.3, 0.4) is 0 Å². The van der Waals surface area contributed by atoms with Crippen molar-refractivity contribution in [2.24, 2.45) is 0 Å². The molecule has 34 heavy (non-hydrogen) atoms. The largest absolute Gasteiger partial charge is 0.494 e. The molecule has 2 fully saturated rings. The Morgan fingerprint density at radius 3 is 2.91 bits per heavy atom. The van der Waals surface area contributed by atoms with Gasteiger partial charge < -0.3 is 19.8 Å². The van der Waals surface area contributed by atoms with Crippen LogP contribution in [0.2, 0.25) is 0 Å². The molecule has 3 aromatic heterocycles. The van der Waals surface area contributed by atoms with E-state index in [9.17, 15) is 5.26 Å². The molecule has 0 radical (unpaired) electrons. The summed E-state index contributed by atoms with van der Waals surface area (Å²) in [5, 5.41) is 18.1. The molecule has 0 amide bonds. The maximum atomic E-state index is 9.25. The van der Waals surface area contributed by atoms with Crippen LogP contribution in [0.1, 0.15) is 30.9 Å². The van der Waals surface area contributed by atoms with Gasteiger partial charge >= 0.3 is 0 Å². The Morgan fingerprint density at radius 1 is 1.32 bits per heavy atom. The Bertz CT molecular complexity index is 1270. The summed E-state index contributed by atoms with van der Waals surface area (Å²) >= 11 is 0. The van der Waals surface area contributed by atoms with Gasteiger partial charge in [0.1, 0.15) is 17.5 Å². The average Bonchev–Trinajstić information content (AvgIpc) is 3.47. The molecule has 0 bridgehead atoms. The highest BCUT2D eigenvalue weighted by Gasteiger charge is 2.20. The fourth-order valence-corrected chi connectivity index (χ4v) is 4.25. The monoisotopic (exact) mass is 456 g/mol. The lowest BCUT2D eigenvalue weighted by atomic mass is 10.0. The van der Waals surface area contributed by atoms with Crippen molar-refractivity contribution < 1.29 is 9.47 Å². The number of ether oxygens (including phenoxy) is 2. The first kappa shape index (κ1) is 22.1. The maximum absolute atomic E-state index is 9.25. The van der Waals surface area contributed by atoms with Crippen LogP contribution in [-0.2, 0) is 9.47 Å². The molecule has 8 nitrogen and oxygen atoms in total.